The molecule has 0 rings (SSSR count). The lowest BCUT2D eigenvalue weighted by Crippen LogP contribution is -2.34. The van der Waals surface area contributed by atoms with Crippen LogP contribution < -0.4 is 0 Å². The van der Waals surface area contributed by atoms with Gasteiger partial charge < -0.3 is 10.0 Å². The molecule has 0 aromatic heterocycles. The number of aliphatic hydroxyl groups is 1. The molecular formula is C11H25NO. The normalized spacial score (nSPS) is 13.6. The first-order chi connectivity index (χ1) is 6.26. The van der Waals surface area contributed by atoms with Crippen LogP contribution in [0.1, 0.15) is 46.5 Å². The van der Waals surface area contributed by atoms with Gasteiger partial charge in [-0.2, -0.15) is 0 Å². The highest BCUT2D eigenvalue weighted by molar-refractivity contribution is 4.66. The van der Waals surface area contributed by atoms with Crippen molar-refractivity contribution in [3.63, 3.8) is 0 Å². The molecule has 0 aliphatic heterocycles. The van der Waals surface area contributed by atoms with Crippen LogP contribution in [0.3, 0.4) is 0 Å². The molecule has 1 N–H and O–H groups in total. The van der Waals surface area contributed by atoms with Gasteiger partial charge in [0.2, 0.25) is 0 Å². The van der Waals surface area contributed by atoms with E-state index in [9.17, 15) is 0 Å². The predicted molar refractivity (Wildman–Crippen MR) is 57.9 cm³/mol. The summed E-state index contributed by atoms with van der Waals surface area (Å²) in [5.41, 5.74) is 0. The van der Waals surface area contributed by atoms with Crippen molar-refractivity contribution in [1.29, 1.82) is 0 Å². The molecule has 0 aliphatic carbocycles. The van der Waals surface area contributed by atoms with E-state index in [0.29, 0.717) is 12.6 Å². The summed E-state index contributed by atoms with van der Waals surface area (Å²) in [7, 11) is 0. The summed E-state index contributed by atoms with van der Waals surface area (Å²) in [4.78, 5) is 2.52. The van der Waals surface area contributed by atoms with Crippen molar-refractivity contribution in [3.8, 4) is 0 Å². The number of hydrogen-bond donors (Lipinski definition) is 1. The van der Waals surface area contributed by atoms with Crippen LogP contribution in [0.4, 0.5) is 0 Å². The molecule has 0 radical (unpaired) electrons. The van der Waals surface area contributed by atoms with Crippen molar-refractivity contribution in [2.75, 3.05) is 19.7 Å². The first-order valence-electron chi connectivity index (χ1n) is 5.61. The summed E-state index contributed by atoms with van der Waals surface area (Å²) in [5.74, 6) is 0. The summed E-state index contributed by atoms with van der Waals surface area (Å²) >= 11 is 0. The van der Waals surface area contributed by atoms with Crippen molar-refractivity contribution < 1.29 is 5.11 Å². The molecule has 80 valence electrons. The Morgan fingerprint density at radius 1 is 1.15 bits per heavy atom. The van der Waals surface area contributed by atoms with Crippen molar-refractivity contribution in [2.24, 2.45) is 0 Å². The van der Waals surface area contributed by atoms with Gasteiger partial charge in [0.1, 0.15) is 0 Å². The highest BCUT2D eigenvalue weighted by atomic mass is 16.2. The number of nitrogens with zero attached hydrogens (tertiary/aromatic N) is 1. The fraction of sp³-hybridized carbons (Fsp3) is 1.00. The quantitative estimate of drug-likeness (QED) is 0.630. The molecule has 0 aliphatic rings. The van der Waals surface area contributed by atoms with Gasteiger partial charge in [-0.15, -0.1) is 0 Å². The molecule has 2 heteroatoms. The Balaban J connectivity index is 3.72. The summed E-state index contributed by atoms with van der Waals surface area (Å²) in [6.45, 7) is 9.43. The van der Waals surface area contributed by atoms with Crippen LogP contribution in [0.5, 0.6) is 0 Å². The highest BCUT2D eigenvalue weighted by Gasteiger charge is 2.10. The topological polar surface area (TPSA) is 23.5 Å². The maximum absolute atomic E-state index is 8.74. The zero-order valence-corrected chi connectivity index (χ0v) is 9.42. The summed E-state index contributed by atoms with van der Waals surface area (Å²) in [6, 6.07) is 0.632. The maximum atomic E-state index is 8.74. The Labute approximate surface area is 82.9 Å². The van der Waals surface area contributed by atoms with Crippen molar-refractivity contribution in [3.05, 3.63) is 0 Å². The van der Waals surface area contributed by atoms with Crippen LogP contribution in [0, 0.1) is 0 Å². The van der Waals surface area contributed by atoms with E-state index in [2.05, 4.69) is 25.7 Å². The lowest BCUT2D eigenvalue weighted by molar-refractivity contribution is 0.184. The lowest BCUT2D eigenvalue weighted by atomic mass is 10.1. The Morgan fingerprint density at radius 3 is 2.08 bits per heavy atom. The van der Waals surface area contributed by atoms with E-state index in [1.54, 1.807) is 0 Å². The minimum atomic E-state index is 0.330. The van der Waals surface area contributed by atoms with Crippen LogP contribution in [0.25, 0.3) is 0 Å². The summed E-state index contributed by atoms with van der Waals surface area (Å²) < 4.78 is 0. The van der Waals surface area contributed by atoms with Gasteiger partial charge in [0, 0.05) is 12.6 Å². The van der Waals surface area contributed by atoms with Gasteiger partial charge >= 0.3 is 0 Å². The van der Waals surface area contributed by atoms with Gasteiger partial charge in [-0.1, -0.05) is 13.8 Å². The first kappa shape index (κ1) is 12.9. The van der Waals surface area contributed by atoms with E-state index in [-0.39, 0.29) is 0 Å². The fourth-order valence-electron chi connectivity index (χ4n) is 1.70. The van der Waals surface area contributed by atoms with Gasteiger partial charge in [-0.3, -0.25) is 0 Å². The Kier molecular flexibility index (Phi) is 8.46. The average Bonchev–Trinajstić information content (AvgIpc) is 2.14. The molecule has 0 spiro atoms. The molecule has 0 amide bonds. The zero-order chi connectivity index (χ0) is 10.1. The number of aliphatic hydroxyl groups excluding tert-OH is 1. The van der Waals surface area contributed by atoms with Crippen LogP contribution in [0.15, 0.2) is 0 Å². The number of hydrogen-bond acceptors (Lipinski definition) is 2. The van der Waals surface area contributed by atoms with Gasteiger partial charge in [0.25, 0.3) is 0 Å². The highest BCUT2D eigenvalue weighted by Crippen LogP contribution is 2.07. The van der Waals surface area contributed by atoms with E-state index in [1.807, 2.05) is 0 Å². The molecule has 13 heavy (non-hydrogen) atoms. The number of rotatable bonds is 8. The molecule has 0 saturated heterocycles. The second-order valence-corrected chi connectivity index (χ2v) is 3.75. The van der Waals surface area contributed by atoms with Crippen LogP contribution >= 0.6 is 0 Å². The molecular weight excluding hydrogens is 162 g/mol. The third-order valence-electron chi connectivity index (χ3n) is 2.43. The molecule has 0 fully saturated rings. The van der Waals surface area contributed by atoms with Crippen molar-refractivity contribution in [2.45, 2.75) is 52.5 Å². The van der Waals surface area contributed by atoms with Gasteiger partial charge in [0.05, 0.1) is 0 Å². The van der Waals surface area contributed by atoms with E-state index in [1.165, 1.54) is 25.9 Å². The molecule has 1 unspecified atom stereocenters. The minimum absolute atomic E-state index is 0.330. The van der Waals surface area contributed by atoms with Crippen LogP contribution in [-0.4, -0.2) is 35.7 Å². The largest absolute Gasteiger partial charge is 0.396 e. The molecule has 0 aromatic rings. The Hall–Kier alpha value is -0.0800. The van der Waals surface area contributed by atoms with E-state index >= 15 is 0 Å². The summed E-state index contributed by atoms with van der Waals surface area (Å²) in [6.07, 6.45) is 4.51. The standard InChI is InChI=1S/C11H25NO/c1-4-8-12(9-5-2)11(3)7-6-10-13/h11,13H,4-10H2,1-3H3. The van der Waals surface area contributed by atoms with E-state index in [0.717, 1.165) is 12.8 Å². The molecule has 0 bridgehead atoms. The monoisotopic (exact) mass is 187 g/mol. The Bertz CT molecular complexity index is 100. The van der Waals surface area contributed by atoms with E-state index in [4.69, 9.17) is 5.11 Å². The van der Waals surface area contributed by atoms with Crippen LogP contribution in [0.2, 0.25) is 0 Å². The molecule has 0 heterocycles. The average molecular weight is 187 g/mol. The molecule has 0 saturated carbocycles. The van der Waals surface area contributed by atoms with Crippen LogP contribution in [-0.2, 0) is 0 Å². The molecule has 2 nitrogen and oxygen atoms in total. The lowest BCUT2D eigenvalue weighted by Gasteiger charge is -2.28. The smallest absolute Gasteiger partial charge is 0.0431 e. The van der Waals surface area contributed by atoms with E-state index < -0.39 is 0 Å². The third-order valence-corrected chi connectivity index (χ3v) is 2.43. The van der Waals surface area contributed by atoms with Gasteiger partial charge in [0.15, 0.2) is 0 Å². The van der Waals surface area contributed by atoms with Crippen molar-refractivity contribution in [1.82, 2.24) is 4.90 Å². The molecule has 0 aromatic carbocycles. The fourth-order valence-corrected chi connectivity index (χ4v) is 1.70. The second kappa shape index (κ2) is 8.52. The zero-order valence-electron chi connectivity index (χ0n) is 9.42. The summed E-state index contributed by atoms with van der Waals surface area (Å²) in [5, 5.41) is 8.74. The minimum Gasteiger partial charge on any atom is -0.396 e. The first-order valence-corrected chi connectivity index (χ1v) is 5.61. The molecule has 1 atom stereocenters. The van der Waals surface area contributed by atoms with Crippen molar-refractivity contribution >= 4 is 0 Å². The SMILES string of the molecule is CCCN(CCC)C(C)CCCO. The third kappa shape index (κ3) is 6.05. The van der Waals surface area contributed by atoms with Gasteiger partial charge in [-0.25, -0.2) is 0 Å². The maximum Gasteiger partial charge on any atom is 0.0431 e. The predicted octanol–water partition coefficient (Wildman–Crippen LogP) is 2.27. The second-order valence-electron chi connectivity index (χ2n) is 3.75. The van der Waals surface area contributed by atoms with Gasteiger partial charge in [-0.05, 0) is 45.7 Å². The Morgan fingerprint density at radius 2 is 1.69 bits per heavy atom.